The minimum absolute atomic E-state index is 0.200. The van der Waals surface area contributed by atoms with Crippen LogP contribution in [0, 0.1) is 6.92 Å². The van der Waals surface area contributed by atoms with Crippen molar-refractivity contribution in [3.63, 3.8) is 0 Å². The normalized spacial score (nSPS) is 14.4. The molecule has 0 aromatic carbocycles. The van der Waals surface area contributed by atoms with E-state index in [1.807, 2.05) is 0 Å². The van der Waals surface area contributed by atoms with Gasteiger partial charge >= 0.3 is 59.5 Å². The van der Waals surface area contributed by atoms with E-state index in [0.29, 0.717) is 12.4 Å². The van der Waals surface area contributed by atoms with Gasteiger partial charge < -0.3 is 15.0 Å². The van der Waals surface area contributed by atoms with Crippen molar-refractivity contribution in [2.45, 2.75) is 54.6 Å². The van der Waals surface area contributed by atoms with Crippen LogP contribution >= 0.6 is 11.3 Å². The summed E-state index contributed by atoms with van der Waals surface area (Å²) in [4.78, 5) is 36.2. The van der Waals surface area contributed by atoms with Gasteiger partial charge in [-0.15, -0.1) is 11.3 Å². The van der Waals surface area contributed by atoms with E-state index in [-0.39, 0.29) is 11.3 Å². The number of nitrogens with one attached hydrogen (secondary N) is 1. The SMILES string of the molecule is COC(=O)c1c(NC(=O)C(F)(F)C(F)(F)C(F)(F)C(F)(F)C(F)(F)C(F)(F)C(F)(F)C(F)(F)F)sc(C(=O)N(C)C)c1C. The molecule has 0 fully saturated rings. The summed E-state index contributed by atoms with van der Waals surface area (Å²) < 4.78 is 233. The molecular weight excluding hydrogens is 675 g/mol. The number of carbonyl (C=O) groups is 3. The molecule has 0 bridgehead atoms. The van der Waals surface area contributed by atoms with Crippen molar-refractivity contribution < 1.29 is 93.8 Å². The maximum atomic E-state index is 14.3. The number of thiophene rings is 1. The third-order valence-electron chi connectivity index (χ3n) is 5.37. The number of hydrogen-bond acceptors (Lipinski definition) is 5. The van der Waals surface area contributed by atoms with Gasteiger partial charge in [-0.25, -0.2) is 4.79 Å². The van der Waals surface area contributed by atoms with E-state index in [4.69, 9.17) is 0 Å². The van der Waals surface area contributed by atoms with E-state index in [1.165, 1.54) is 0 Å². The number of hydrogen-bond donors (Lipinski definition) is 1. The van der Waals surface area contributed by atoms with Crippen LogP contribution in [0.3, 0.4) is 0 Å². The first-order valence-corrected chi connectivity index (χ1v) is 11.0. The zero-order chi connectivity index (χ0) is 34.7. The molecule has 1 aromatic heterocycles. The Kier molecular flexibility index (Phi) is 9.55. The zero-order valence-corrected chi connectivity index (χ0v) is 21.7. The molecule has 0 radical (unpaired) electrons. The van der Waals surface area contributed by atoms with Crippen molar-refractivity contribution in [1.29, 1.82) is 0 Å². The van der Waals surface area contributed by atoms with Crippen molar-refractivity contribution in [3.05, 3.63) is 16.0 Å². The Labute approximate surface area is 230 Å². The van der Waals surface area contributed by atoms with Gasteiger partial charge in [0.2, 0.25) is 0 Å². The fourth-order valence-electron chi connectivity index (χ4n) is 2.84. The second-order valence-corrected chi connectivity index (χ2v) is 9.44. The van der Waals surface area contributed by atoms with E-state index in [1.54, 1.807) is 0 Å². The Hall–Kier alpha value is -3.08. The van der Waals surface area contributed by atoms with Crippen LogP contribution in [0.5, 0.6) is 0 Å². The topological polar surface area (TPSA) is 75.7 Å². The number of esters is 1. The van der Waals surface area contributed by atoms with Gasteiger partial charge in [0, 0.05) is 14.1 Å². The maximum Gasteiger partial charge on any atom is 0.460 e. The van der Waals surface area contributed by atoms with Gasteiger partial charge in [-0.05, 0) is 12.5 Å². The number of rotatable bonds is 10. The number of alkyl halides is 17. The van der Waals surface area contributed by atoms with Crippen molar-refractivity contribution in [2.24, 2.45) is 0 Å². The predicted molar refractivity (Wildman–Crippen MR) is 108 cm³/mol. The molecule has 0 aliphatic rings. The van der Waals surface area contributed by atoms with E-state index in [0.717, 1.165) is 25.9 Å². The predicted octanol–water partition coefficient (Wildman–Crippen LogP) is 6.49. The molecule has 1 N–H and O–H groups in total. The van der Waals surface area contributed by atoms with Crippen molar-refractivity contribution >= 4 is 34.1 Å². The molecule has 43 heavy (non-hydrogen) atoms. The number of nitrogens with zero attached hydrogens (tertiary/aromatic N) is 1. The average Bonchev–Trinajstić information content (AvgIpc) is 3.16. The molecule has 6 nitrogen and oxygen atoms in total. The molecule has 0 spiro atoms. The smallest absolute Gasteiger partial charge is 0.460 e. The van der Waals surface area contributed by atoms with Crippen LogP contribution in [0.25, 0.3) is 0 Å². The first kappa shape index (κ1) is 37.9. The highest BCUT2D eigenvalue weighted by atomic mass is 32.1. The summed E-state index contributed by atoms with van der Waals surface area (Å²) in [5, 5.41) is -0.737. The van der Waals surface area contributed by atoms with Gasteiger partial charge in [0.25, 0.3) is 5.91 Å². The molecular formula is C19H13F17N2O4S. The molecule has 0 aliphatic heterocycles. The van der Waals surface area contributed by atoms with Gasteiger partial charge in [0.1, 0.15) is 5.00 Å². The van der Waals surface area contributed by atoms with Gasteiger partial charge in [-0.2, -0.15) is 74.6 Å². The summed E-state index contributed by atoms with van der Waals surface area (Å²) in [6.45, 7) is 0.871. The maximum absolute atomic E-state index is 14.3. The van der Waals surface area contributed by atoms with Crippen LogP contribution < -0.4 is 5.32 Å². The van der Waals surface area contributed by atoms with Crippen LogP contribution in [0.1, 0.15) is 25.6 Å². The Morgan fingerprint density at radius 2 is 1.05 bits per heavy atom. The second kappa shape index (κ2) is 10.8. The summed E-state index contributed by atoms with van der Waals surface area (Å²) in [6, 6.07) is 0. The van der Waals surface area contributed by atoms with Crippen LogP contribution in [-0.2, 0) is 9.53 Å². The van der Waals surface area contributed by atoms with Gasteiger partial charge in [0.15, 0.2) is 0 Å². The van der Waals surface area contributed by atoms with Crippen molar-refractivity contribution in [1.82, 2.24) is 4.90 Å². The summed E-state index contributed by atoms with van der Waals surface area (Å²) in [5.41, 5.74) is -1.63. The molecule has 24 heteroatoms. The molecule has 0 unspecified atom stereocenters. The molecule has 0 aliphatic carbocycles. The number of ether oxygens (including phenoxy) is 1. The number of carbonyl (C=O) groups excluding carboxylic acids is 3. The molecule has 0 atom stereocenters. The minimum Gasteiger partial charge on any atom is -0.465 e. The number of methoxy groups -OCH3 is 1. The highest BCUT2D eigenvalue weighted by molar-refractivity contribution is 7.18. The third-order valence-corrected chi connectivity index (χ3v) is 6.57. The lowest BCUT2D eigenvalue weighted by molar-refractivity contribution is -0.459. The number of halogens is 17. The number of anilines is 1. The van der Waals surface area contributed by atoms with E-state index >= 15 is 0 Å². The van der Waals surface area contributed by atoms with E-state index < -0.39 is 86.4 Å². The lowest BCUT2D eigenvalue weighted by atomic mass is 9.89. The number of amides is 2. The molecule has 1 heterocycles. The van der Waals surface area contributed by atoms with Crippen LogP contribution in [0.2, 0.25) is 0 Å². The largest absolute Gasteiger partial charge is 0.465 e. The highest BCUT2D eigenvalue weighted by Gasteiger charge is 2.95. The monoisotopic (exact) mass is 688 g/mol. The Morgan fingerprint density at radius 1 is 0.674 bits per heavy atom. The fourth-order valence-corrected chi connectivity index (χ4v) is 4.06. The molecule has 248 valence electrons. The van der Waals surface area contributed by atoms with Crippen LogP contribution in [0.4, 0.5) is 79.6 Å². The third kappa shape index (κ3) is 5.31. The molecule has 1 aromatic rings. The lowest BCUT2D eigenvalue weighted by Crippen LogP contribution is -2.75. The highest BCUT2D eigenvalue weighted by Crippen LogP contribution is 2.64. The van der Waals surface area contributed by atoms with Gasteiger partial charge in [0.05, 0.1) is 17.6 Å². The van der Waals surface area contributed by atoms with Gasteiger partial charge in [-0.3, -0.25) is 9.59 Å². The molecule has 0 saturated heterocycles. The van der Waals surface area contributed by atoms with Crippen molar-refractivity contribution in [3.8, 4) is 0 Å². The Balaban J connectivity index is 3.75. The molecule has 2 amide bonds. The van der Waals surface area contributed by atoms with E-state index in [2.05, 4.69) is 4.74 Å². The Bertz CT molecular complexity index is 1270. The molecule has 1 rings (SSSR count). The summed E-state index contributed by atoms with van der Waals surface area (Å²) in [7, 11) is 2.74. The standard InChI is InChI=1S/C19H13F17N2O4S/c1-5-6(10(40)42-4)8(43-7(5)9(39)38(2)3)37-11(41)12(20,21)13(22,23)14(24,25)15(26,27)16(28,29)17(30,31)18(32,33)19(34,35)36/h1-4H3,(H,37,41). The minimum atomic E-state index is -8.87. The van der Waals surface area contributed by atoms with Crippen LogP contribution in [0.15, 0.2) is 0 Å². The van der Waals surface area contributed by atoms with Crippen LogP contribution in [-0.4, -0.2) is 91.5 Å². The summed E-state index contributed by atoms with van der Waals surface area (Å²) >= 11 is -0.200. The second-order valence-electron chi connectivity index (χ2n) is 8.42. The molecule has 0 saturated carbocycles. The quantitative estimate of drug-likeness (QED) is 0.225. The fraction of sp³-hybridized carbons (Fsp3) is 0.632. The lowest BCUT2D eigenvalue weighted by Gasteiger charge is -2.42. The Morgan fingerprint density at radius 3 is 1.40 bits per heavy atom. The first-order chi connectivity index (χ1) is 18.8. The van der Waals surface area contributed by atoms with Gasteiger partial charge in [-0.1, -0.05) is 0 Å². The first-order valence-electron chi connectivity index (χ1n) is 10.2. The van der Waals surface area contributed by atoms with E-state index in [9.17, 15) is 89.0 Å². The summed E-state index contributed by atoms with van der Waals surface area (Å²) in [5.74, 6) is -65.7. The zero-order valence-electron chi connectivity index (χ0n) is 20.9. The van der Waals surface area contributed by atoms with Crippen molar-refractivity contribution in [2.75, 3.05) is 26.5 Å². The average molecular weight is 688 g/mol. The summed E-state index contributed by atoms with van der Waals surface area (Å²) in [6.07, 6.45) is -7.90.